The van der Waals surface area contributed by atoms with Gasteiger partial charge < -0.3 is 4.90 Å². The van der Waals surface area contributed by atoms with E-state index in [-0.39, 0.29) is 12.1 Å². The van der Waals surface area contributed by atoms with Gasteiger partial charge in [-0.3, -0.25) is 4.90 Å². The van der Waals surface area contributed by atoms with E-state index in [9.17, 15) is 0 Å². The second kappa shape index (κ2) is 9.23. The van der Waals surface area contributed by atoms with Gasteiger partial charge in [0.25, 0.3) is 0 Å². The lowest BCUT2D eigenvalue weighted by molar-refractivity contribution is 0.187. The van der Waals surface area contributed by atoms with E-state index < -0.39 is 0 Å². The zero-order valence-electron chi connectivity index (χ0n) is 17.4. The summed E-state index contributed by atoms with van der Waals surface area (Å²) in [7, 11) is 0. The van der Waals surface area contributed by atoms with Crippen LogP contribution in [0.5, 0.6) is 0 Å². The minimum atomic E-state index is 0.160. The van der Waals surface area contributed by atoms with Crippen molar-refractivity contribution in [3.8, 4) is 12.1 Å². The summed E-state index contributed by atoms with van der Waals surface area (Å²) in [6, 6.07) is 28.6. The SMILES string of the molecule is CC1CN(Cc2ccc(C#N)cc2)CC(c2ccc(Cl)cc2)N1c1ccc(C#N)cc1. The fourth-order valence-electron chi connectivity index (χ4n) is 4.34. The average Bonchev–Trinajstić information content (AvgIpc) is 2.80. The van der Waals surface area contributed by atoms with E-state index in [0.717, 1.165) is 30.3 Å². The first-order valence-corrected chi connectivity index (χ1v) is 10.7. The van der Waals surface area contributed by atoms with Crippen LogP contribution in [0, 0.1) is 22.7 Å². The molecule has 2 unspecified atom stereocenters. The largest absolute Gasteiger partial charge is 0.359 e. The molecular formula is C26H23ClN4. The van der Waals surface area contributed by atoms with Crippen LogP contribution in [0.25, 0.3) is 0 Å². The predicted molar refractivity (Wildman–Crippen MR) is 124 cm³/mol. The van der Waals surface area contributed by atoms with Gasteiger partial charge in [-0.1, -0.05) is 35.9 Å². The molecular weight excluding hydrogens is 404 g/mol. The van der Waals surface area contributed by atoms with Gasteiger partial charge >= 0.3 is 0 Å². The number of hydrogen-bond acceptors (Lipinski definition) is 4. The quantitative estimate of drug-likeness (QED) is 0.550. The van der Waals surface area contributed by atoms with Gasteiger partial charge in [0.05, 0.1) is 29.3 Å². The zero-order chi connectivity index (χ0) is 21.8. The Balaban J connectivity index is 1.63. The Bertz CT molecular complexity index is 1110. The molecule has 154 valence electrons. The molecule has 3 aromatic rings. The van der Waals surface area contributed by atoms with E-state index >= 15 is 0 Å². The maximum atomic E-state index is 9.15. The third-order valence-corrected chi connectivity index (χ3v) is 6.05. The lowest BCUT2D eigenvalue weighted by Gasteiger charge is -2.47. The molecule has 0 radical (unpaired) electrons. The fourth-order valence-corrected chi connectivity index (χ4v) is 4.47. The van der Waals surface area contributed by atoms with Crippen LogP contribution < -0.4 is 4.90 Å². The maximum Gasteiger partial charge on any atom is 0.0991 e. The summed E-state index contributed by atoms with van der Waals surface area (Å²) in [5, 5.41) is 18.9. The molecule has 1 fully saturated rings. The van der Waals surface area contributed by atoms with E-state index in [4.69, 9.17) is 22.1 Å². The van der Waals surface area contributed by atoms with Crippen LogP contribution in [0.3, 0.4) is 0 Å². The van der Waals surface area contributed by atoms with Crippen molar-refractivity contribution in [1.82, 2.24) is 4.90 Å². The molecule has 0 bridgehead atoms. The first-order chi connectivity index (χ1) is 15.1. The summed E-state index contributed by atoms with van der Waals surface area (Å²) >= 11 is 6.15. The Morgan fingerprint density at radius 3 is 2.00 bits per heavy atom. The molecule has 4 nitrogen and oxygen atoms in total. The van der Waals surface area contributed by atoms with Gasteiger partial charge in [0.2, 0.25) is 0 Å². The minimum absolute atomic E-state index is 0.160. The summed E-state index contributed by atoms with van der Waals surface area (Å²) in [5.74, 6) is 0. The van der Waals surface area contributed by atoms with Crippen LogP contribution in [0.1, 0.15) is 35.2 Å². The van der Waals surface area contributed by atoms with Crippen molar-refractivity contribution in [2.24, 2.45) is 0 Å². The Hall–Kier alpha value is -3.31. The molecule has 0 N–H and O–H groups in total. The number of hydrogen-bond donors (Lipinski definition) is 0. The smallest absolute Gasteiger partial charge is 0.0991 e. The molecule has 0 spiro atoms. The Kier molecular flexibility index (Phi) is 6.23. The number of rotatable bonds is 4. The van der Waals surface area contributed by atoms with Crippen molar-refractivity contribution >= 4 is 17.3 Å². The van der Waals surface area contributed by atoms with E-state index in [1.54, 1.807) is 0 Å². The van der Waals surface area contributed by atoms with Crippen LogP contribution in [0.15, 0.2) is 72.8 Å². The highest BCUT2D eigenvalue weighted by atomic mass is 35.5. The van der Waals surface area contributed by atoms with Crippen LogP contribution in [-0.2, 0) is 6.54 Å². The van der Waals surface area contributed by atoms with E-state index in [1.807, 2.05) is 60.7 Å². The van der Waals surface area contributed by atoms with Crippen molar-refractivity contribution in [2.45, 2.75) is 25.6 Å². The molecule has 4 rings (SSSR count). The number of anilines is 1. The van der Waals surface area contributed by atoms with E-state index in [1.165, 1.54) is 11.1 Å². The average molecular weight is 427 g/mol. The standard InChI is InChI=1S/C26H23ClN4/c1-19-16-30(17-22-4-2-20(14-28)3-5-22)18-26(23-8-10-24(27)11-9-23)31(19)25-12-6-21(15-29)7-13-25/h2-13,19,26H,16-18H2,1H3. The highest BCUT2D eigenvalue weighted by Crippen LogP contribution is 2.35. The van der Waals surface area contributed by atoms with Crippen LogP contribution in [-0.4, -0.2) is 24.0 Å². The summed E-state index contributed by atoms with van der Waals surface area (Å²) < 4.78 is 0. The Morgan fingerprint density at radius 1 is 0.839 bits per heavy atom. The lowest BCUT2D eigenvalue weighted by Crippen LogP contribution is -2.53. The fraction of sp³-hybridized carbons (Fsp3) is 0.231. The molecule has 2 atom stereocenters. The van der Waals surface area contributed by atoms with E-state index in [0.29, 0.717) is 11.1 Å². The highest BCUT2D eigenvalue weighted by molar-refractivity contribution is 6.30. The predicted octanol–water partition coefficient (Wildman–Crippen LogP) is 5.54. The van der Waals surface area contributed by atoms with Crippen LogP contribution in [0.4, 0.5) is 5.69 Å². The monoisotopic (exact) mass is 426 g/mol. The maximum absolute atomic E-state index is 9.15. The van der Waals surface area contributed by atoms with Gasteiger partial charge in [0.1, 0.15) is 0 Å². The summed E-state index contributed by atoms with van der Waals surface area (Å²) in [6.07, 6.45) is 0. The molecule has 5 heteroatoms. The molecule has 0 saturated carbocycles. The molecule has 3 aromatic carbocycles. The van der Waals surface area contributed by atoms with Gasteiger partial charge in [-0.2, -0.15) is 10.5 Å². The molecule has 0 amide bonds. The first-order valence-electron chi connectivity index (χ1n) is 10.3. The van der Waals surface area contributed by atoms with Crippen molar-refractivity contribution in [2.75, 3.05) is 18.0 Å². The third-order valence-electron chi connectivity index (χ3n) is 5.80. The number of nitriles is 2. The lowest BCUT2D eigenvalue weighted by atomic mass is 9.97. The molecule has 1 aliphatic heterocycles. The van der Waals surface area contributed by atoms with Crippen molar-refractivity contribution in [3.05, 3.63) is 100 Å². The molecule has 0 aliphatic carbocycles. The summed E-state index contributed by atoms with van der Waals surface area (Å²) in [4.78, 5) is 4.91. The second-order valence-electron chi connectivity index (χ2n) is 7.99. The molecule has 31 heavy (non-hydrogen) atoms. The Labute approximate surface area is 188 Å². The number of halogens is 1. The van der Waals surface area contributed by atoms with Gasteiger partial charge in [-0.05, 0) is 66.6 Å². The summed E-state index contributed by atoms with van der Waals surface area (Å²) in [6.45, 7) is 4.86. The summed E-state index contributed by atoms with van der Waals surface area (Å²) in [5.41, 5.74) is 4.88. The van der Waals surface area contributed by atoms with E-state index in [2.05, 4.69) is 41.0 Å². The van der Waals surface area contributed by atoms with Gasteiger partial charge in [0.15, 0.2) is 0 Å². The normalized spacial score (nSPS) is 18.9. The molecule has 0 aromatic heterocycles. The van der Waals surface area contributed by atoms with Gasteiger partial charge in [0, 0.05) is 36.4 Å². The van der Waals surface area contributed by atoms with Crippen molar-refractivity contribution in [1.29, 1.82) is 10.5 Å². The van der Waals surface area contributed by atoms with Crippen molar-refractivity contribution < 1.29 is 0 Å². The topological polar surface area (TPSA) is 54.1 Å². The molecule has 1 heterocycles. The second-order valence-corrected chi connectivity index (χ2v) is 8.42. The Morgan fingerprint density at radius 2 is 1.42 bits per heavy atom. The zero-order valence-corrected chi connectivity index (χ0v) is 18.1. The third kappa shape index (κ3) is 4.72. The number of benzene rings is 3. The number of piperazine rings is 1. The van der Waals surface area contributed by atoms with Crippen LogP contribution >= 0.6 is 11.6 Å². The minimum Gasteiger partial charge on any atom is -0.359 e. The number of nitrogens with zero attached hydrogens (tertiary/aromatic N) is 4. The van der Waals surface area contributed by atoms with Gasteiger partial charge in [-0.25, -0.2) is 0 Å². The molecule has 1 saturated heterocycles. The molecule has 1 aliphatic rings. The van der Waals surface area contributed by atoms with Crippen molar-refractivity contribution in [3.63, 3.8) is 0 Å². The van der Waals surface area contributed by atoms with Crippen LogP contribution in [0.2, 0.25) is 5.02 Å². The highest BCUT2D eigenvalue weighted by Gasteiger charge is 2.33. The first kappa shape index (κ1) is 20.9. The van der Waals surface area contributed by atoms with Gasteiger partial charge in [-0.15, -0.1) is 0 Å².